The Bertz CT molecular complexity index is 1290. The molecule has 1 aliphatic rings. The van der Waals surface area contributed by atoms with E-state index >= 15 is 0 Å². The number of non-ortho nitro benzene ring substituents is 1. The standard InChI is InChI=1S/C23H24FN5O4S/c1-17-14-21(29(30)31)6-7-22(17)34(32,33)26-16-18-8-9-25-23(15-18)28-12-10-27(11-13-28)20-4-2-19(24)3-5-20/h2-9,14-15,26H,10-13,16H2,1H3. The first kappa shape index (κ1) is 23.6. The Kier molecular flexibility index (Phi) is 6.75. The number of sulfonamides is 1. The molecular weight excluding hydrogens is 461 g/mol. The number of nitrogens with zero attached hydrogens (tertiary/aromatic N) is 4. The highest BCUT2D eigenvalue weighted by atomic mass is 32.2. The number of benzene rings is 2. The van der Waals surface area contributed by atoms with Crippen molar-refractivity contribution in [1.29, 1.82) is 0 Å². The molecule has 0 saturated carbocycles. The van der Waals surface area contributed by atoms with Gasteiger partial charge in [0.15, 0.2) is 0 Å². The number of hydrogen-bond acceptors (Lipinski definition) is 7. The smallest absolute Gasteiger partial charge is 0.269 e. The Morgan fingerprint density at radius 2 is 1.71 bits per heavy atom. The van der Waals surface area contributed by atoms with Gasteiger partial charge >= 0.3 is 0 Å². The van der Waals surface area contributed by atoms with Crippen LogP contribution in [-0.2, 0) is 16.6 Å². The number of aromatic nitrogens is 1. The summed E-state index contributed by atoms with van der Waals surface area (Å²) in [6.45, 7) is 4.54. The minimum atomic E-state index is -3.85. The first-order valence-corrected chi connectivity index (χ1v) is 12.2. The first-order valence-electron chi connectivity index (χ1n) is 10.7. The van der Waals surface area contributed by atoms with Crippen LogP contribution in [0.25, 0.3) is 0 Å². The Balaban J connectivity index is 1.39. The van der Waals surface area contributed by atoms with E-state index in [1.165, 1.54) is 37.3 Å². The highest BCUT2D eigenvalue weighted by molar-refractivity contribution is 7.89. The Hall–Kier alpha value is -3.57. The van der Waals surface area contributed by atoms with Gasteiger partial charge in [-0.1, -0.05) is 0 Å². The third kappa shape index (κ3) is 5.32. The van der Waals surface area contributed by atoms with Gasteiger partial charge in [0.1, 0.15) is 11.6 Å². The molecule has 2 heterocycles. The molecule has 4 rings (SSSR count). The lowest BCUT2D eigenvalue weighted by Crippen LogP contribution is -2.46. The number of hydrogen-bond donors (Lipinski definition) is 1. The van der Waals surface area contributed by atoms with Crippen LogP contribution in [0.2, 0.25) is 0 Å². The number of rotatable bonds is 7. The molecule has 0 radical (unpaired) electrons. The van der Waals surface area contributed by atoms with Gasteiger partial charge in [0.05, 0.1) is 9.82 Å². The molecule has 1 fully saturated rings. The summed E-state index contributed by atoms with van der Waals surface area (Å²) in [6.07, 6.45) is 1.64. The lowest BCUT2D eigenvalue weighted by atomic mass is 10.2. The Morgan fingerprint density at radius 3 is 2.35 bits per heavy atom. The highest BCUT2D eigenvalue weighted by Gasteiger charge is 2.21. The number of nitrogens with one attached hydrogen (secondary N) is 1. The van der Waals surface area contributed by atoms with E-state index in [9.17, 15) is 22.9 Å². The molecule has 0 spiro atoms. The van der Waals surface area contributed by atoms with E-state index in [-0.39, 0.29) is 22.9 Å². The average Bonchev–Trinajstić information content (AvgIpc) is 2.83. The summed E-state index contributed by atoms with van der Waals surface area (Å²) in [5.41, 5.74) is 1.86. The van der Waals surface area contributed by atoms with E-state index < -0.39 is 14.9 Å². The van der Waals surface area contributed by atoms with Crippen LogP contribution in [0.5, 0.6) is 0 Å². The van der Waals surface area contributed by atoms with Gasteiger partial charge in [-0.25, -0.2) is 22.5 Å². The van der Waals surface area contributed by atoms with Gasteiger partial charge in [0.2, 0.25) is 10.0 Å². The molecule has 1 saturated heterocycles. The fourth-order valence-corrected chi connectivity index (χ4v) is 5.14. The third-order valence-electron chi connectivity index (χ3n) is 5.73. The average molecular weight is 486 g/mol. The highest BCUT2D eigenvalue weighted by Crippen LogP contribution is 2.23. The molecule has 178 valence electrons. The molecule has 0 unspecified atom stereocenters. The molecule has 1 N–H and O–H groups in total. The van der Waals surface area contributed by atoms with Crippen molar-refractivity contribution in [1.82, 2.24) is 9.71 Å². The molecule has 3 aromatic rings. The van der Waals surface area contributed by atoms with E-state index in [2.05, 4.69) is 19.5 Å². The number of nitro groups is 1. The predicted molar refractivity (Wildman–Crippen MR) is 127 cm³/mol. The van der Waals surface area contributed by atoms with E-state index in [0.29, 0.717) is 5.56 Å². The topological polar surface area (TPSA) is 109 Å². The molecule has 9 nitrogen and oxygen atoms in total. The molecule has 0 atom stereocenters. The summed E-state index contributed by atoms with van der Waals surface area (Å²) in [7, 11) is -3.85. The van der Waals surface area contributed by atoms with Crippen molar-refractivity contribution >= 4 is 27.2 Å². The molecule has 1 aromatic heterocycles. The monoisotopic (exact) mass is 485 g/mol. The van der Waals surface area contributed by atoms with Crippen LogP contribution in [0.15, 0.2) is 65.7 Å². The number of anilines is 2. The zero-order chi connectivity index (χ0) is 24.3. The number of aryl methyl sites for hydroxylation is 1. The van der Waals surface area contributed by atoms with Crippen LogP contribution in [0.4, 0.5) is 21.6 Å². The lowest BCUT2D eigenvalue weighted by Gasteiger charge is -2.36. The molecule has 34 heavy (non-hydrogen) atoms. The molecule has 0 aliphatic carbocycles. The second-order valence-electron chi connectivity index (χ2n) is 8.00. The van der Waals surface area contributed by atoms with Crippen molar-refractivity contribution in [3.8, 4) is 0 Å². The molecular formula is C23H24FN5O4S. The molecule has 1 aliphatic heterocycles. The van der Waals surface area contributed by atoms with Gasteiger partial charge in [0.25, 0.3) is 5.69 Å². The summed E-state index contributed by atoms with van der Waals surface area (Å²) in [5.74, 6) is 0.490. The molecule has 0 bridgehead atoms. The summed E-state index contributed by atoms with van der Waals surface area (Å²) in [5, 5.41) is 10.9. The molecule has 0 amide bonds. The zero-order valence-electron chi connectivity index (χ0n) is 18.5. The SMILES string of the molecule is Cc1cc([N+](=O)[O-])ccc1S(=O)(=O)NCc1ccnc(N2CCN(c3ccc(F)cc3)CC2)c1. The minimum absolute atomic E-state index is 0.00398. The maximum atomic E-state index is 13.2. The predicted octanol–water partition coefficient (Wildman–Crippen LogP) is 3.24. The quantitative estimate of drug-likeness (QED) is 0.404. The number of piperazine rings is 1. The van der Waals surface area contributed by atoms with E-state index in [1.54, 1.807) is 24.4 Å². The lowest BCUT2D eigenvalue weighted by molar-refractivity contribution is -0.385. The van der Waals surface area contributed by atoms with Crippen molar-refractivity contribution in [3.05, 3.63) is 87.9 Å². The van der Waals surface area contributed by atoms with Crippen LogP contribution in [-0.4, -0.2) is 44.5 Å². The zero-order valence-corrected chi connectivity index (χ0v) is 19.3. The number of halogens is 1. The summed E-state index contributed by atoms with van der Waals surface area (Å²) < 4.78 is 41.2. The number of pyridine rings is 1. The first-order chi connectivity index (χ1) is 16.2. The van der Waals surface area contributed by atoms with Crippen molar-refractivity contribution in [2.75, 3.05) is 36.0 Å². The fourth-order valence-electron chi connectivity index (χ4n) is 3.89. The van der Waals surface area contributed by atoms with Gasteiger partial charge in [-0.3, -0.25) is 10.1 Å². The molecule has 11 heteroatoms. The third-order valence-corrected chi connectivity index (χ3v) is 7.29. The molecule has 2 aromatic carbocycles. The second-order valence-corrected chi connectivity index (χ2v) is 9.74. The van der Waals surface area contributed by atoms with Crippen molar-refractivity contribution in [3.63, 3.8) is 0 Å². The normalized spacial score (nSPS) is 14.3. The van der Waals surface area contributed by atoms with Crippen molar-refractivity contribution in [2.45, 2.75) is 18.4 Å². The summed E-state index contributed by atoms with van der Waals surface area (Å²) >= 11 is 0. The van der Waals surface area contributed by atoms with Gasteiger partial charge in [0, 0.05) is 56.7 Å². The van der Waals surface area contributed by atoms with Gasteiger partial charge in [-0.15, -0.1) is 0 Å². The van der Waals surface area contributed by atoms with Crippen molar-refractivity contribution < 1.29 is 17.7 Å². The maximum absolute atomic E-state index is 13.2. The van der Waals surface area contributed by atoms with Crippen molar-refractivity contribution in [2.24, 2.45) is 0 Å². The minimum Gasteiger partial charge on any atom is -0.368 e. The Labute approximate surface area is 197 Å². The van der Waals surface area contributed by atoms with E-state index in [1.807, 2.05) is 6.07 Å². The van der Waals surface area contributed by atoms with Gasteiger partial charge in [-0.05, 0) is 60.5 Å². The van der Waals surface area contributed by atoms with Crippen LogP contribution >= 0.6 is 0 Å². The van der Waals surface area contributed by atoms with Gasteiger partial charge < -0.3 is 9.80 Å². The summed E-state index contributed by atoms with van der Waals surface area (Å²) in [4.78, 5) is 19.1. The summed E-state index contributed by atoms with van der Waals surface area (Å²) in [6, 6.07) is 13.7. The number of nitro benzene ring substituents is 1. The Morgan fingerprint density at radius 1 is 1.03 bits per heavy atom. The van der Waals surface area contributed by atoms with Crippen LogP contribution in [0.1, 0.15) is 11.1 Å². The fraction of sp³-hybridized carbons (Fsp3) is 0.261. The largest absolute Gasteiger partial charge is 0.368 e. The maximum Gasteiger partial charge on any atom is 0.269 e. The van der Waals surface area contributed by atoms with E-state index in [4.69, 9.17) is 0 Å². The van der Waals surface area contributed by atoms with E-state index in [0.717, 1.165) is 43.2 Å². The van der Waals surface area contributed by atoms with Crippen LogP contribution in [0, 0.1) is 22.9 Å². The van der Waals surface area contributed by atoms with Crippen LogP contribution < -0.4 is 14.5 Å². The second kappa shape index (κ2) is 9.74. The van der Waals surface area contributed by atoms with Gasteiger partial charge in [-0.2, -0.15) is 0 Å². The van der Waals surface area contributed by atoms with Crippen LogP contribution in [0.3, 0.4) is 0 Å².